The highest BCUT2D eigenvalue weighted by Crippen LogP contribution is 2.27. The van der Waals surface area contributed by atoms with Crippen LogP contribution in [0.1, 0.15) is 12.5 Å². The van der Waals surface area contributed by atoms with E-state index in [9.17, 15) is 4.39 Å². The molecule has 154 valence electrons. The van der Waals surface area contributed by atoms with Crippen molar-refractivity contribution in [3.05, 3.63) is 53.8 Å². The Kier molecular flexibility index (Phi) is 10.4. The predicted molar refractivity (Wildman–Crippen MR) is 120 cm³/mol. The molecule has 0 heterocycles. The molecule has 0 saturated heterocycles. The SMILES string of the molecule is CN=C(NCc1ccc(OC)c(OC)c1)NCC(C)Oc1cccc(F)c1.I. The number of nitrogens with zero attached hydrogens (tertiary/aromatic N) is 1. The molecular formula is C20H27FIN3O3. The van der Waals surface area contributed by atoms with Crippen LogP contribution in [0.3, 0.4) is 0 Å². The quantitative estimate of drug-likeness (QED) is 0.328. The van der Waals surface area contributed by atoms with Gasteiger partial charge >= 0.3 is 0 Å². The third-order valence-electron chi connectivity index (χ3n) is 3.82. The molecular weight excluding hydrogens is 476 g/mol. The van der Waals surface area contributed by atoms with Crippen molar-refractivity contribution in [2.45, 2.75) is 19.6 Å². The van der Waals surface area contributed by atoms with Crippen molar-refractivity contribution in [2.24, 2.45) is 4.99 Å². The highest BCUT2D eigenvalue weighted by Gasteiger charge is 2.08. The Morgan fingerprint density at radius 2 is 1.82 bits per heavy atom. The number of halogens is 2. The fraction of sp³-hybridized carbons (Fsp3) is 0.350. The molecule has 0 fully saturated rings. The standard InChI is InChI=1S/C20H26FN3O3.HI/c1-14(27-17-7-5-6-16(21)11-17)12-23-20(22-2)24-13-15-8-9-18(25-3)19(10-15)26-4;/h5-11,14H,12-13H2,1-4H3,(H2,22,23,24);1H. The Bertz CT molecular complexity index is 774. The van der Waals surface area contributed by atoms with E-state index >= 15 is 0 Å². The molecule has 0 aliphatic carbocycles. The van der Waals surface area contributed by atoms with E-state index in [0.29, 0.717) is 36.3 Å². The summed E-state index contributed by atoms with van der Waals surface area (Å²) >= 11 is 0. The van der Waals surface area contributed by atoms with Gasteiger partial charge in [-0.25, -0.2) is 4.39 Å². The van der Waals surface area contributed by atoms with Gasteiger partial charge in [-0.3, -0.25) is 4.99 Å². The van der Waals surface area contributed by atoms with Crippen LogP contribution in [0, 0.1) is 5.82 Å². The van der Waals surface area contributed by atoms with E-state index in [1.54, 1.807) is 33.4 Å². The molecule has 2 rings (SSSR count). The van der Waals surface area contributed by atoms with Crippen molar-refractivity contribution in [1.29, 1.82) is 0 Å². The summed E-state index contributed by atoms with van der Waals surface area (Å²) in [4.78, 5) is 4.20. The topological polar surface area (TPSA) is 64.1 Å². The lowest BCUT2D eigenvalue weighted by Gasteiger charge is -2.18. The summed E-state index contributed by atoms with van der Waals surface area (Å²) in [5.41, 5.74) is 1.03. The van der Waals surface area contributed by atoms with Crippen LogP contribution in [-0.4, -0.2) is 39.9 Å². The van der Waals surface area contributed by atoms with Crippen LogP contribution in [-0.2, 0) is 6.54 Å². The van der Waals surface area contributed by atoms with Crippen LogP contribution in [0.15, 0.2) is 47.5 Å². The zero-order chi connectivity index (χ0) is 19.6. The van der Waals surface area contributed by atoms with Gasteiger partial charge in [-0.15, -0.1) is 24.0 Å². The van der Waals surface area contributed by atoms with Crippen LogP contribution in [0.5, 0.6) is 17.2 Å². The minimum absolute atomic E-state index is 0. The molecule has 0 amide bonds. The van der Waals surface area contributed by atoms with Gasteiger partial charge in [0.15, 0.2) is 17.5 Å². The maximum Gasteiger partial charge on any atom is 0.191 e. The monoisotopic (exact) mass is 503 g/mol. The van der Waals surface area contributed by atoms with Gasteiger partial charge in [-0.2, -0.15) is 0 Å². The second-order valence-corrected chi connectivity index (χ2v) is 5.88. The molecule has 0 bridgehead atoms. The molecule has 28 heavy (non-hydrogen) atoms. The van der Waals surface area contributed by atoms with E-state index in [0.717, 1.165) is 5.56 Å². The molecule has 2 aromatic carbocycles. The van der Waals surface area contributed by atoms with Gasteiger partial charge in [0, 0.05) is 19.7 Å². The molecule has 0 aliphatic rings. The predicted octanol–water partition coefficient (Wildman–Crippen LogP) is 3.59. The van der Waals surface area contributed by atoms with Crippen molar-refractivity contribution < 1.29 is 18.6 Å². The van der Waals surface area contributed by atoms with Gasteiger partial charge in [-0.05, 0) is 36.8 Å². The van der Waals surface area contributed by atoms with Crippen LogP contribution in [0.4, 0.5) is 4.39 Å². The van der Waals surface area contributed by atoms with Crippen LogP contribution >= 0.6 is 24.0 Å². The zero-order valence-electron chi connectivity index (χ0n) is 16.5. The Morgan fingerprint density at radius 1 is 1.07 bits per heavy atom. The van der Waals surface area contributed by atoms with Crippen molar-refractivity contribution >= 4 is 29.9 Å². The van der Waals surface area contributed by atoms with Crippen LogP contribution in [0.2, 0.25) is 0 Å². The first kappa shape index (κ1) is 23.8. The second-order valence-electron chi connectivity index (χ2n) is 5.88. The summed E-state index contributed by atoms with van der Waals surface area (Å²) in [6.07, 6.45) is -0.161. The average molecular weight is 503 g/mol. The van der Waals surface area contributed by atoms with Crippen LogP contribution < -0.4 is 24.8 Å². The Labute approximate surface area is 182 Å². The lowest BCUT2D eigenvalue weighted by molar-refractivity contribution is 0.223. The average Bonchev–Trinajstić information content (AvgIpc) is 2.67. The highest BCUT2D eigenvalue weighted by molar-refractivity contribution is 14.0. The van der Waals surface area contributed by atoms with E-state index in [1.807, 2.05) is 25.1 Å². The molecule has 0 aromatic heterocycles. The van der Waals surface area contributed by atoms with Crippen LogP contribution in [0.25, 0.3) is 0 Å². The number of aliphatic imine (C=N–C) groups is 1. The van der Waals surface area contributed by atoms with Gasteiger partial charge in [0.05, 0.1) is 20.8 Å². The maximum atomic E-state index is 13.2. The molecule has 0 aliphatic heterocycles. The minimum atomic E-state index is -0.319. The van der Waals surface area contributed by atoms with E-state index in [2.05, 4.69) is 15.6 Å². The van der Waals surface area contributed by atoms with Gasteiger partial charge in [0.2, 0.25) is 0 Å². The smallest absolute Gasteiger partial charge is 0.191 e. The number of nitrogens with one attached hydrogen (secondary N) is 2. The molecule has 2 N–H and O–H groups in total. The summed E-state index contributed by atoms with van der Waals surface area (Å²) in [5.74, 6) is 2.18. The van der Waals surface area contributed by atoms with Gasteiger partial charge in [0.1, 0.15) is 17.7 Å². The van der Waals surface area contributed by atoms with Crippen molar-refractivity contribution in [3.63, 3.8) is 0 Å². The first-order valence-corrected chi connectivity index (χ1v) is 8.63. The zero-order valence-corrected chi connectivity index (χ0v) is 18.8. The van der Waals surface area contributed by atoms with Crippen molar-refractivity contribution in [1.82, 2.24) is 10.6 Å². The number of methoxy groups -OCH3 is 2. The summed E-state index contributed by atoms with van der Waals surface area (Å²) in [6.45, 7) is 2.99. The molecule has 8 heteroatoms. The Balaban J connectivity index is 0.00000392. The van der Waals surface area contributed by atoms with E-state index < -0.39 is 0 Å². The van der Waals surface area contributed by atoms with Gasteiger partial charge < -0.3 is 24.8 Å². The molecule has 0 spiro atoms. The first-order chi connectivity index (χ1) is 13.0. The normalized spacial score (nSPS) is 11.8. The minimum Gasteiger partial charge on any atom is -0.493 e. The molecule has 1 atom stereocenters. The number of hydrogen-bond acceptors (Lipinski definition) is 4. The number of rotatable bonds is 8. The first-order valence-electron chi connectivity index (χ1n) is 8.63. The Hall–Kier alpha value is -2.23. The molecule has 0 saturated carbocycles. The highest BCUT2D eigenvalue weighted by atomic mass is 127. The van der Waals surface area contributed by atoms with E-state index in [4.69, 9.17) is 14.2 Å². The summed E-state index contributed by atoms with van der Waals surface area (Å²) in [5, 5.41) is 6.42. The summed E-state index contributed by atoms with van der Waals surface area (Å²) in [7, 11) is 4.91. The van der Waals surface area contributed by atoms with Crippen molar-refractivity contribution in [3.8, 4) is 17.2 Å². The molecule has 1 unspecified atom stereocenters. The molecule has 2 aromatic rings. The largest absolute Gasteiger partial charge is 0.493 e. The Morgan fingerprint density at radius 3 is 2.46 bits per heavy atom. The van der Waals surface area contributed by atoms with E-state index in [1.165, 1.54) is 12.1 Å². The number of guanidine groups is 1. The third-order valence-corrected chi connectivity index (χ3v) is 3.82. The summed E-state index contributed by atoms with van der Waals surface area (Å²) in [6, 6.07) is 11.8. The summed E-state index contributed by atoms with van der Waals surface area (Å²) < 4.78 is 29.5. The fourth-order valence-electron chi connectivity index (χ4n) is 2.45. The molecule has 6 nitrogen and oxygen atoms in total. The van der Waals surface area contributed by atoms with Gasteiger partial charge in [-0.1, -0.05) is 12.1 Å². The lowest BCUT2D eigenvalue weighted by atomic mass is 10.2. The second kappa shape index (κ2) is 12.3. The van der Waals surface area contributed by atoms with E-state index in [-0.39, 0.29) is 35.9 Å². The fourth-order valence-corrected chi connectivity index (χ4v) is 2.45. The van der Waals surface area contributed by atoms with Crippen molar-refractivity contribution in [2.75, 3.05) is 27.8 Å². The molecule has 0 radical (unpaired) electrons. The number of benzene rings is 2. The number of hydrogen-bond donors (Lipinski definition) is 2. The number of ether oxygens (including phenoxy) is 3. The van der Waals surface area contributed by atoms with Gasteiger partial charge in [0.25, 0.3) is 0 Å². The lowest BCUT2D eigenvalue weighted by Crippen LogP contribution is -2.41. The maximum absolute atomic E-state index is 13.2. The third kappa shape index (κ3) is 7.41.